The van der Waals surface area contributed by atoms with Crippen molar-refractivity contribution in [2.24, 2.45) is 0 Å². The molecule has 0 spiro atoms. The third kappa shape index (κ3) is 1.97. The maximum atomic E-state index is 5.95. The Morgan fingerprint density at radius 1 is 0.882 bits per heavy atom. The lowest BCUT2D eigenvalue weighted by molar-refractivity contribution is 0.418. The number of para-hydroxylation sites is 1. The average molecular weight is 229 g/mol. The minimum atomic E-state index is 0.584. The van der Waals surface area contributed by atoms with Gasteiger partial charge in [-0.05, 0) is 18.2 Å². The van der Waals surface area contributed by atoms with E-state index in [1.54, 1.807) is 25.3 Å². The third-order valence-corrected chi connectivity index (χ3v) is 2.62. The Labute approximate surface area is 100.0 Å². The number of nitrogen functional groups attached to an aromatic ring is 3. The second-order valence-electron chi connectivity index (χ2n) is 3.77. The van der Waals surface area contributed by atoms with E-state index < -0.39 is 0 Å². The Balaban J connectivity index is 2.64. The molecule has 0 radical (unpaired) electrons. The number of methoxy groups -OCH3 is 1. The van der Waals surface area contributed by atoms with E-state index in [9.17, 15) is 0 Å². The van der Waals surface area contributed by atoms with Crippen molar-refractivity contribution in [2.45, 2.75) is 0 Å². The lowest BCUT2D eigenvalue weighted by Crippen LogP contribution is -1.97. The zero-order valence-electron chi connectivity index (χ0n) is 9.60. The smallest absolute Gasteiger partial charge is 0.149 e. The summed E-state index contributed by atoms with van der Waals surface area (Å²) in [5.41, 5.74) is 21.0. The normalized spacial score (nSPS) is 10.2. The molecule has 6 N–H and O–H groups in total. The van der Waals surface area contributed by atoms with Crippen molar-refractivity contribution >= 4 is 17.1 Å². The highest BCUT2D eigenvalue weighted by Gasteiger charge is 2.11. The molecule has 0 aliphatic rings. The number of hydrogen-bond acceptors (Lipinski definition) is 4. The number of hydrogen-bond donors (Lipinski definition) is 3. The van der Waals surface area contributed by atoms with Crippen LogP contribution in [0.4, 0.5) is 17.1 Å². The molecule has 0 atom stereocenters. The molecular formula is C13H15N3O. The maximum Gasteiger partial charge on any atom is 0.149 e. The fourth-order valence-electron chi connectivity index (χ4n) is 1.82. The van der Waals surface area contributed by atoms with E-state index in [4.69, 9.17) is 21.9 Å². The van der Waals surface area contributed by atoms with Crippen molar-refractivity contribution in [1.29, 1.82) is 0 Å². The zero-order chi connectivity index (χ0) is 12.4. The van der Waals surface area contributed by atoms with Crippen molar-refractivity contribution in [3.05, 3.63) is 36.4 Å². The van der Waals surface area contributed by atoms with E-state index >= 15 is 0 Å². The van der Waals surface area contributed by atoms with Crippen molar-refractivity contribution in [2.75, 3.05) is 24.3 Å². The van der Waals surface area contributed by atoms with Crippen LogP contribution in [-0.4, -0.2) is 7.11 Å². The maximum absolute atomic E-state index is 5.95. The molecule has 0 saturated carbocycles. The summed E-state index contributed by atoms with van der Waals surface area (Å²) in [4.78, 5) is 0. The summed E-state index contributed by atoms with van der Waals surface area (Å²) < 4.78 is 5.30. The zero-order valence-corrected chi connectivity index (χ0v) is 9.60. The molecule has 4 heteroatoms. The summed E-state index contributed by atoms with van der Waals surface area (Å²) in [6.07, 6.45) is 0. The minimum Gasteiger partial charge on any atom is -0.494 e. The second kappa shape index (κ2) is 4.25. The first-order chi connectivity index (χ1) is 8.13. The molecular weight excluding hydrogens is 214 g/mol. The number of nitrogens with two attached hydrogens (primary N) is 3. The van der Waals surface area contributed by atoms with E-state index in [-0.39, 0.29) is 0 Å². The first kappa shape index (κ1) is 11.1. The van der Waals surface area contributed by atoms with Crippen LogP contribution in [0.15, 0.2) is 36.4 Å². The van der Waals surface area contributed by atoms with Gasteiger partial charge < -0.3 is 21.9 Å². The Kier molecular flexibility index (Phi) is 2.78. The van der Waals surface area contributed by atoms with E-state index in [1.165, 1.54) is 0 Å². The van der Waals surface area contributed by atoms with Gasteiger partial charge in [0.1, 0.15) is 5.75 Å². The summed E-state index contributed by atoms with van der Waals surface area (Å²) in [6, 6.07) is 10.9. The number of rotatable bonds is 2. The lowest BCUT2D eigenvalue weighted by Gasteiger charge is -2.13. The molecule has 2 aromatic carbocycles. The average Bonchev–Trinajstić information content (AvgIpc) is 2.29. The van der Waals surface area contributed by atoms with Crippen LogP contribution in [-0.2, 0) is 0 Å². The molecule has 0 heterocycles. The van der Waals surface area contributed by atoms with Gasteiger partial charge in [-0.3, -0.25) is 0 Å². The number of benzene rings is 2. The molecule has 0 fully saturated rings. The third-order valence-electron chi connectivity index (χ3n) is 2.62. The van der Waals surface area contributed by atoms with Crippen molar-refractivity contribution < 1.29 is 4.74 Å². The molecule has 2 rings (SSSR count). The van der Waals surface area contributed by atoms with Gasteiger partial charge in [0.25, 0.3) is 0 Å². The van der Waals surface area contributed by atoms with Crippen molar-refractivity contribution in [3.63, 3.8) is 0 Å². The fourth-order valence-corrected chi connectivity index (χ4v) is 1.82. The monoisotopic (exact) mass is 229 g/mol. The van der Waals surface area contributed by atoms with Crippen LogP contribution in [0.5, 0.6) is 5.75 Å². The number of anilines is 3. The van der Waals surface area contributed by atoms with Gasteiger partial charge in [0.05, 0.1) is 12.8 Å². The molecule has 2 aromatic rings. The quantitative estimate of drug-likeness (QED) is 0.688. The summed E-state index contributed by atoms with van der Waals surface area (Å²) in [5, 5.41) is 0. The Morgan fingerprint density at radius 3 is 2.29 bits per heavy atom. The van der Waals surface area contributed by atoms with E-state index in [0.29, 0.717) is 22.8 Å². The Bertz CT molecular complexity index is 552. The van der Waals surface area contributed by atoms with Gasteiger partial charge in [-0.2, -0.15) is 0 Å². The van der Waals surface area contributed by atoms with Crippen LogP contribution in [0, 0.1) is 0 Å². The van der Waals surface area contributed by atoms with Crippen molar-refractivity contribution in [1.82, 2.24) is 0 Å². The molecule has 0 amide bonds. The van der Waals surface area contributed by atoms with Crippen LogP contribution in [0.25, 0.3) is 11.1 Å². The first-order valence-corrected chi connectivity index (χ1v) is 5.21. The Hall–Kier alpha value is -2.36. The van der Waals surface area contributed by atoms with Crippen molar-refractivity contribution in [3.8, 4) is 16.9 Å². The minimum absolute atomic E-state index is 0.584. The molecule has 0 saturated heterocycles. The fraction of sp³-hybridized carbons (Fsp3) is 0.0769. The standard InChI is InChI=1S/C13H15N3O/c1-17-13-10(3-2-4-11(13)15)9-6-5-8(14)7-12(9)16/h2-7H,14-16H2,1H3. The molecule has 88 valence electrons. The summed E-state index contributed by atoms with van der Waals surface area (Å²) in [7, 11) is 1.59. The summed E-state index contributed by atoms with van der Waals surface area (Å²) in [5.74, 6) is 0.629. The van der Waals surface area contributed by atoms with Crippen LogP contribution in [0.3, 0.4) is 0 Å². The van der Waals surface area contributed by atoms with E-state index in [1.807, 2.05) is 18.2 Å². The molecule has 0 aromatic heterocycles. The molecule has 0 aliphatic carbocycles. The van der Waals surface area contributed by atoms with Gasteiger partial charge >= 0.3 is 0 Å². The largest absolute Gasteiger partial charge is 0.494 e. The van der Waals surface area contributed by atoms with Gasteiger partial charge in [0.2, 0.25) is 0 Å². The molecule has 4 nitrogen and oxygen atoms in total. The summed E-state index contributed by atoms with van der Waals surface area (Å²) in [6.45, 7) is 0. The molecule has 0 unspecified atom stereocenters. The predicted molar refractivity (Wildman–Crippen MR) is 71.7 cm³/mol. The van der Waals surface area contributed by atoms with Gasteiger partial charge in [-0.15, -0.1) is 0 Å². The van der Waals surface area contributed by atoms with Gasteiger partial charge in [0, 0.05) is 22.5 Å². The molecule has 0 bridgehead atoms. The number of ether oxygens (including phenoxy) is 1. The van der Waals surface area contributed by atoms with Crippen LogP contribution >= 0.6 is 0 Å². The molecule has 0 aliphatic heterocycles. The van der Waals surface area contributed by atoms with Gasteiger partial charge in [0.15, 0.2) is 0 Å². The van der Waals surface area contributed by atoms with Gasteiger partial charge in [-0.25, -0.2) is 0 Å². The van der Waals surface area contributed by atoms with E-state index in [0.717, 1.165) is 11.1 Å². The van der Waals surface area contributed by atoms with Crippen LogP contribution < -0.4 is 21.9 Å². The molecule has 17 heavy (non-hydrogen) atoms. The van der Waals surface area contributed by atoms with E-state index in [2.05, 4.69) is 0 Å². The SMILES string of the molecule is COc1c(N)cccc1-c1ccc(N)cc1N. The highest BCUT2D eigenvalue weighted by Crippen LogP contribution is 2.37. The Morgan fingerprint density at radius 2 is 1.65 bits per heavy atom. The van der Waals surface area contributed by atoms with Crippen LogP contribution in [0.2, 0.25) is 0 Å². The topological polar surface area (TPSA) is 87.3 Å². The lowest BCUT2D eigenvalue weighted by atomic mass is 10.0. The highest BCUT2D eigenvalue weighted by atomic mass is 16.5. The second-order valence-corrected chi connectivity index (χ2v) is 3.77. The van der Waals surface area contributed by atoms with Gasteiger partial charge in [-0.1, -0.05) is 18.2 Å². The highest BCUT2D eigenvalue weighted by molar-refractivity contribution is 5.85. The first-order valence-electron chi connectivity index (χ1n) is 5.21. The van der Waals surface area contributed by atoms with Crippen LogP contribution in [0.1, 0.15) is 0 Å². The summed E-state index contributed by atoms with van der Waals surface area (Å²) >= 11 is 0. The predicted octanol–water partition coefficient (Wildman–Crippen LogP) is 2.11.